The molecule has 110 valence electrons. The smallest absolute Gasteiger partial charge is 0.251 e. The van der Waals surface area contributed by atoms with E-state index < -0.39 is 22.0 Å². The Morgan fingerprint density at radius 3 is 2.80 bits per heavy atom. The first-order chi connectivity index (χ1) is 9.36. The number of rotatable bonds is 7. The van der Waals surface area contributed by atoms with Crippen molar-refractivity contribution in [1.82, 2.24) is 10.0 Å². The molecule has 1 aromatic rings. The Balaban J connectivity index is 2.90. The Morgan fingerprint density at radius 1 is 1.50 bits per heavy atom. The molecule has 0 aliphatic heterocycles. The molecule has 1 rings (SSSR count). The fourth-order valence-corrected chi connectivity index (χ4v) is 2.44. The highest BCUT2D eigenvalue weighted by Gasteiger charge is 2.15. The van der Waals surface area contributed by atoms with Gasteiger partial charge in [0.15, 0.2) is 0 Å². The van der Waals surface area contributed by atoms with Gasteiger partial charge in [-0.3, -0.25) is 4.79 Å². The van der Waals surface area contributed by atoms with Crippen LogP contribution in [0, 0.1) is 0 Å². The molecule has 0 bridgehead atoms. The Kier molecular flexibility index (Phi) is 5.87. The number of aliphatic hydroxyl groups is 1. The number of aliphatic hydroxyl groups excluding tert-OH is 1. The Hall–Kier alpha value is -1.70. The molecule has 7 heteroatoms. The van der Waals surface area contributed by atoms with E-state index in [0.717, 1.165) is 0 Å². The predicted molar refractivity (Wildman–Crippen MR) is 75.8 cm³/mol. The second-order valence-corrected chi connectivity index (χ2v) is 5.99. The molecule has 0 saturated carbocycles. The molecule has 1 aromatic carbocycles. The van der Waals surface area contributed by atoms with Gasteiger partial charge in [-0.05, 0) is 25.1 Å². The first-order valence-electron chi connectivity index (χ1n) is 6.03. The van der Waals surface area contributed by atoms with E-state index in [9.17, 15) is 13.2 Å². The third-order valence-electron chi connectivity index (χ3n) is 2.38. The summed E-state index contributed by atoms with van der Waals surface area (Å²) in [6, 6.07) is 5.67. The summed E-state index contributed by atoms with van der Waals surface area (Å²) >= 11 is 0. The molecule has 0 spiro atoms. The summed E-state index contributed by atoms with van der Waals surface area (Å²) in [4.78, 5) is 11.8. The molecule has 3 N–H and O–H groups in total. The topological polar surface area (TPSA) is 95.5 Å². The van der Waals surface area contributed by atoms with Crippen LogP contribution in [0.2, 0.25) is 0 Å². The first kappa shape index (κ1) is 16.4. The third kappa shape index (κ3) is 4.76. The van der Waals surface area contributed by atoms with Crippen molar-refractivity contribution < 1.29 is 18.3 Å². The summed E-state index contributed by atoms with van der Waals surface area (Å²) in [5.74, 6) is -0.438. The molecule has 0 aromatic heterocycles. The fraction of sp³-hybridized carbons (Fsp3) is 0.308. The van der Waals surface area contributed by atoms with E-state index in [1.807, 2.05) is 0 Å². The zero-order valence-electron chi connectivity index (χ0n) is 11.2. The lowest BCUT2D eigenvalue weighted by Crippen LogP contribution is -2.31. The van der Waals surface area contributed by atoms with Gasteiger partial charge in [-0.1, -0.05) is 12.1 Å². The molecule has 6 nitrogen and oxygen atoms in total. The maximum absolute atomic E-state index is 11.9. The predicted octanol–water partition coefficient (Wildman–Crippen LogP) is 0.261. The molecular formula is C13H18N2O4S. The molecule has 0 heterocycles. The molecular weight excluding hydrogens is 280 g/mol. The summed E-state index contributed by atoms with van der Waals surface area (Å²) in [6.07, 6.45) is 0.761. The quantitative estimate of drug-likeness (QED) is 0.629. The van der Waals surface area contributed by atoms with Gasteiger partial charge < -0.3 is 10.4 Å². The largest absolute Gasteiger partial charge is 0.392 e. The highest BCUT2D eigenvalue weighted by molar-refractivity contribution is 7.89. The molecule has 1 amide bonds. The highest BCUT2D eigenvalue weighted by Crippen LogP contribution is 2.11. The number of hydrogen-bond acceptors (Lipinski definition) is 4. The van der Waals surface area contributed by atoms with Crippen LogP contribution in [0.15, 0.2) is 41.8 Å². The third-order valence-corrected chi connectivity index (χ3v) is 3.80. The van der Waals surface area contributed by atoms with Crippen molar-refractivity contribution in [3.63, 3.8) is 0 Å². The summed E-state index contributed by atoms with van der Waals surface area (Å²) in [7, 11) is -3.66. The van der Waals surface area contributed by atoms with Crippen molar-refractivity contribution in [1.29, 1.82) is 0 Å². The van der Waals surface area contributed by atoms with E-state index in [1.165, 1.54) is 30.3 Å². The average molecular weight is 298 g/mol. The monoisotopic (exact) mass is 298 g/mol. The molecule has 0 fully saturated rings. The summed E-state index contributed by atoms with van der Waals surface area (Å²) in [6.45, 7) is 5.18. The lowest BCUT2D eigenvalue weighted by Gasteiger charge is -2.09. The van der Waals surface area contributed by atoms with Crippen molar-refractivity contribution in [2.45, 2.75) is 17.9 Å². The van der Waals surface area contributed by atoms with Crippen LogP contribution < -0.4 is 10.0 Å². The maximum atomic E-state index is 11.9. The molecule has 0 aliphatic rings. The summed E-state index contributed by atoms with van der Waals surface area (Å²) in [5.41, 5.74) is 0.215. The number of nitrogens with one attached hydrogen (secondary N) is 2. The van der Waals surface area contributed by atoms with E-state index in [2.05, 4.69) is 16.6 Å². The van der Waals surface area contributed by atoms with Crippen molar-refractivity contribution >= 4 is 15.9 Å². The zero-order chi connectivity index (χ0) is 15.2. The summed E-state index contributed by atoms with van der Waals surface area (Å²) < 4.78 is 26.1. The van der Waals surface area contributed by atoms with Gasteiger partial charge in [0.2, 0.25) is 10.0 Å². The van der Waals surface area contributed by atoms with Gasteiger partial charge >= 0.3 is 0 Å². The van der Waals surface area contributed by atoms with Crippen LogP contribution in [0.5, 0.6) is 0 Å². The minimum absolute atomic E-state index is 0.00375. The molecule has 0 radical (unpaired) electrons. The van der Waals surface area contributed by atoms with Gasteiger partial charge in [-0.2, -0.15) is 0 Å². The van der Waals surface area contributed by atoms with Gasteiger partial charge in [0.05, 0.1) is 11.0 Å². The van der Waals surface area contributed by atoms with Crippen molar-refractivity contribution in [3.8, 4) is 0 Å². The van der Waals surface area contributed by atoms with Crippen molar-refractivity contribution in [2.24, 2.45) is 0 Å². The number of sulfonamides is 1. The normalized spacial score (nSPS) is 12.7. The number of hydrogen-bond donors (Lipinski definition) is 3. The summed E-state index contributed by atoms with van der Waals surface area (Å²) in [5, 5.41) is 11.6. The van der Waals surface area contributed by atoms with Crippen LogP contribution in [-0.4, -0.2) is 38.6 Å². The number of carbonyl (C=O) groups is 1. The van der Waals surface area contributed by atoms with E-state index in [4.69, 9.17) is 5.11 Å². The van der Waals surface area contributed by atoms with Crippen LogP contribution >= 0.6 is 0 Å². The van der Waals surface area contributed by atoms with Crippen LogP contribution in [0.3, 0.4) is 0 Å². The fourth-order valence-electron chi connectivity index (χ4n) is 1.40. The molecule has 20 heavy (non-hydrogen) atoms. The molecule has 1 unspecified atom stereocenters. The van der Waals surface area contributed by atoms with Gasteiger partial charge in [-0.15, -0.1) is 6.58 Å². The van der Waals surface area contributed by atoms with E-state index in [0.29, 0.717) is 0 Å². The number of carbonyl (C=O) groups excluding carboxylic acids is 1. The molecule has 0 aliphatic carbocycles. The van der Waals surface area contributed by atoms with Gasteiger partial charge in [0, 0.05) is 18.7 Å². The average Bonchev–Trinajstić information content (AvgIpc) is 2.42. The standard InChI is InChI=1S/C13H18N2O4S/c1-3-7-15-20(18,19)12-6-4-5-11(8-12)13(17)14-9-10(2)16/h3-6,8,10,15-16H,1,7,9H2,2H3,(H,14,17). The lowest BCUT2D eigenvalue weighted by atomic mass is 10.2. The second-order valence-electron chi connectivity index (χ2n) is 4.23. The van der Waals surface area contributed by atoms with Crippen LogP contribution in [0.25, 0.3) is 0 Å². The molecule has 0 saturated heterocycles. The van der Waals surface area contributed by atoms with Crippen molar-refractivity contribution in [3.05, 3.63) is 42.5 Å². The number of amides is 1. The Morgan fingerprint density at radius 2 is 2.20 bits per heavy atom. The Bertz CT molecular complexity index is 582. The van der Waals surface area contributed by atoms with E-state index >= 15 is 0 Å². The van der Waals surface area contributed by atoms with Gasteiger partial charge in [0.1, 0.15) is 0 Å². The zero-order valence-corrected chi connectivity index (χ0v) is 12.0. The SMILES string of the molecule is C=CCNS(=O)(=O)c1cccc(C(=O)NCC(C)O)c1. The van der Waals surface area contributed by atoms with Gasteiger partial charge in [-0.25, -0.2) is 13.1 Å². The van der Waals surface area contributed by atoms with Crippen LogP contribution in [0.4, 0.5) is 0 Å². The minimum Gasteiger partial charge on any atom is -0.392 e. The van der Waals surface area contributed by atoms with E-state index in [-0.39, 0.29) is 23.5 Å². The Labute approximate surface area is 118 Å². The minimum atomic E-state index is -3.66. The van der Waals surface area contributed by atoms with Crippen LogP contribution in [-0.2, 0) is 10.0 Å². The lowest BCUT2D eigenvalue weighted by molar-refractivity contribution is 0.0924. The maximum Gasteiger partial charge on any atom is 0.251 e. The van der Waals surface area contributed by atoms with Gasteiger partial charge in [0.25, 0.3) is 5.91 Å². The van der Waals surface area contributed by atoms with Crippen molar-refractivity contribution in [2.75, 3.05) is 13.1 Å². The highest BCUT2D eigenvalue weighted by atomic mass is 32.2. The van der Waals surface area contributed by atoms with E-state index in [1.54, 1.807) is 6.92 Å². The first-order valence-corrected chi connectivity index (χ1v) is 7.52. The molecule has 1 atom stereocenters. The second kappa shape index (κ2) is 7.18. The van der Waals surface area contributed by atoms with Crippen LogP contribution in [0.1, 0.15) is 17.3 Å². The number of benzene rings is 1.